The molecule has 6 heteroatoms. The van der Waals surface area contributed by atoms with E-state index in [1.807, 2.05) is 13.8 Å². The van der Waals surface area contributed by atoms with Crippen LogP contribution in [0.5, 0.6) is 0 Å². The zero-order valence-electron chi connectivity index (χ0n) is 11.5. The van der Waals surface area contributed by atoms with Gasteiger partial charge in [-0.3, -0.25) is 4.79 Å². The van der Waals surface area contributed by atoms with E-state index in [9.17, 15) is 4.79 Å². The van der Waals surface area contributed by atoms with Gasteiger partial charge < -0.3 is 15.4 Å². The van der Waals surface area contributed by atoms with Gasteiger partial charge in [0.05, 0.1) is 12.2 Å². The van der Waals surface area contributed by atoms with E-state index >= 15 is 0 Å². The summed E-state index contributed by atoms with van der Waals surface area (Å²) < 4.78 is 0. The van der Waals surface area contributed by atoms with Crippen molar-refractivity contribution in [3.05, 3.63) is 23.9 Å². The molecule has 0 aromatic carbocycles. The van der Waals surface area contributed by atoms with Crippen LogP contribution in [0.3, 0.4) is 0 Å². The Morgan fingerprint density at radius 2 is 2.16 bits per heavy atom. The molecule has 1 rings (SSSR count). The first-order valence-corrected chi connectivity index (χ1v) is 6.52. The van der Waals surface area contributed by atoms with Gasteiger partial charge >= 0.3 is 0 Å². The summed E-state index contributed by atoms with van der Waals surface area (Å²) in [5.74, 6) is 5.63. The Morgan fingerprint density at radius 3 is 2.58 bits per heavy atom. The minimum atomic E-state index is -0.112. The lowest BCUT2D eigenvalue weighted by atomic mass is 10.1. The molecular weight excluding hydrogens is 244 g/mol. The molecule has 0 aliphatic carbocycles. The number of hydrogen-bond acceptors (Lipinski definition) is 5. The lowest BCUT2D eigenvalue weighted by Gasteiger charge is -2.30. The predicted octanol–water partition coefficient (Wildman–Crippen LogP) is 0.990. The van der Waals surface area contributed by atoms with Crippen LogP contribution < -0.4 is 11.3 Å². The molecule has 0 bridgehead atoms. The number of pyridine rings is 1. The zero-order valence-corrected chi connectivity index (χ0v) is 11.5. The van der Waals surface area contributed by atoms with Gasteiger partial charge in [0, 0.05) is 18.8 Å². The number of aromatic nitrogens is 1. The van der Waals surface area contributed by atoms with Crippen molar-refractivity contribution in [2.45, 2.75) is 32.7 Å². The third kappa shape index (κ3) is 3.90. The van der Waals surface area contributed by atoms with Gasteiger partial charge in [0.25, 0.3) is 5.91 Å². The number of hydrazine groups is 1. The van der Waals surface area contributed by atoms with E-state index in [-0.39, 0.29) is 18.6 Å². The maximum absolute atomic E-state index is 12.4. The zero-order chi connectivity index (χ0) is 14.3. The molecule has 106 valence electrons. The van der Waals surface area contributed by atoms with E-state index in [1.165, 1.54) is 6.20 Å². The van der Waals surface area contributed by atoms with Gasteiger partial charge in [-0.25, -0.2) is 10.8 Å². The first kappa shape index (κ1) is 15.4. The Labute approximate surface area is 113 Å². The van der Waals surface area contributed by atoms with E-state index in [2.05, 4.69) is 10.4 Å². The Kier molecular flexibility index (Phi) is 6.24. The molecule has 0 atom stereocenters. The fourth-order valence-electron chi connectivity index (χ4n) is 2.06. The molecule has 19 heavy (non-hydrogen) atoms. The number of nitrogens with two attached hydrogens (primary N) is 1. The average molecular weight is 266 g/mol. The van der Waals surface area contributed by atoms with Crippen LogP contribution in [0.1, 0.15) is 37.0 Å². The summed E-state index contributed by atoms with van der Waals surface area (Å²) >= 11 is 0. The summed E-state index contributed by atoms with van der Waals surface area (Å²) in [5.41, 5.74) is 2.92. The molecule has 1 aromatic rings. The second kappa shape index (κ2) is 7.70. The number of hydrogen-bond donors (Lipinski definition) is 3. The second-order valence-electron chi connectivity index (χ2n) is 4.27. The number of nitrogens with one attached hydrogen (secondary N) is 1. The molecule has 0 aliphatic rings. The van der Waals surface area contributed by atoms with Gasteiger partial charge in [0.15, 0.2) is 0 Å². The predicted molar refractivity (Wildman–Crippen MR) is 74.5 cm³/mol. The Hall–Kier alpha value is -1.66. The fraction of sp³-hybridized carbons (Fsp3) is 0.538. The van der Waals surface area contributed by atoms with Gasteiger partial charge in [-0.2, -0.15) is 0 Å². The highest BCUT2D eigenvalue weighted by Crippen LogP contribution is 2.14. The number of carbonyl (C=O) groups is 1. The molecule has 4 N–H and O–H groups in total. The number of rotatable bonds is 7. The van der Waals surface area contributed by atoms with E-state index in [1.54, 1.807) is 17.0 Å². The Balaban J connectivity index is 2.91. The highest BCUT2D eigenvalue weighted by atomic mass is 16.3. The molecular formula is C13H22N4O2. The van der Waals surface area contributed by atoms with Crippen LogP contribution in [0.15, 0.2) is 18.3 Å². The van der Waals surface area contributed by atoms with Crippen molar-refractivity contribution in [1.29, 1.82) is 0 Å². The molecule has 1 heterocycles. The van der Waals surface area contributed by atoms with Crippen molar-refractivity contribution in [3.63, 3.8) is 0 Å². The molecule has 0 saturated carbocycles. The minimum Gasteiger partial charge on any atom is -0.395 e. The molecule has 0 radical (unpaired) electrons. The minimum absolute atomic E-state index is 0.0435. The monoisotopic (exact) mass is 266 g/mol. The van der Waals surface area contributed by atoms with Crippen LogP contribution in [0.25, 0.3) is 0 Å². The fourth-order valence-corrected chi connectivity index (χ4v) is 2.06. The SMILES string of the molecule is CCC(CC)N(CCO)C(=O)c1ccc(NN)nc1. The molecule has 0 saturated heterocycles. The summed E-state index contributed by atoms with van der Waals surface area (Å²) in [5, 5.41) is 9.12. The van der Waals surface area contributed by atoms with Gasteiger partial charge in [0.1, 0.15) is 5.82 Å². The van der Waals surface area contributed by atoms with Crippen LogP contribution >= 0.6 is 0 Å². The van der Waals surface area contributed by atoms with Crippen LogP contribution in [-0.4, -0.2) is 40.1 Å². The first-order valence-electron chi connectivity index (χ1n) is 6.52. The van der Waals surface area contributed by atoms with Crippen LogP contribution in [0.4, 0.5) is 5.82 Å². The number of amides is 1. The third-order valence-corrected chi connectivity index (χ3v) is 3.14. The highest BCUT2D eigenvalue weighted by molar-refractivity contribution is 5.94. The molecule has 1 aromatic heterocycles. The summed E-state index contributed by atoms with van der Waals surface area (Å²) in [7, 11) is 0. The van der Waals surface area contributed by atoms with Crippen molar-refractivity contribution in [2.75, 3.05) is 18.6 Å². The van der Waals surface area contributed by atoms with Crippen LogP contribution in [0, 0.1) is 0 Å². The summed E-state index contributed by atoms with van der Waals surface area (Å²) in [4.78, 5) is 18.1. The van der Waals surface area contributed by atoms with Crippen molar-refractivity contribution < 1.29 is 9.90 Å². The standard InChI is InChI=1S/C13H22N4O2/c1-3-11(4-2)17(7-8-18)13(19)10-5-6-12(16-14)15-9-10/h5-6,9,11,18H,3-4,7-8,14H2,1-2H3,(H,15,16). The molecule has 0 aliphatic heterocycles. The van der Waals surface area contributed by atoms with E-state index in [4.69, 9.17) is 10.9 Å². The number of aliphatic hydroxyl groups is 1. The van der Waals surface area contributed by atoms with E-state index in [0.717, 1.165) is 12.8 Å². The first-order chi connectivity index (χ1) is 9.17. The highest BCUT2D eigenvalue weighted by Gasteiger charge is 2.22. The van der Waals surface area contributed by atoms with E-state index < -0.39 is 0 Å². The molecule has 0 spiro atoms. The third-order valence-electron chi connectivity index (χ3n) is 3.14. The summed E-state index contributed by atoms with van der Waals surface area (Å²) in [6.45, 7) is 4.36. The van der Waals surface area contributed by atoms with Gasteiger partial charge in [-0.1, -0.05) is 13.8 Å². The maximum atomic E-state index is 12.4. The van der Waals surface area contributed by atoms with Crippen molar-refractivity contribution in [2.24, 2.45) is 5.84 Å². The number of nitrogen functional groups attached to an aromatic ring is 1. The van der Waals surface area contributed by atoms with Crippen LogP contribution in [-0.2, 0) is 0 Å². The molecule has 0 fully saturated rings. The molecule has 1 amide bonds. The Morgan fingerprint density at radius 1 is 1.47 bits per heavy atom. The van der Waals surface area contributed by atoms with E-state index in [0.29, 0.717) is 17.9 Å². The van der Waals surface area contributed by atoms with Gasteiger partial charge in [-0.15, -0.1) is 0 Å². The van der Waals surface area contributed by atoms with Crippen molar-refractivity contribution >= 4 is 11.7 Å². The molecule has 6 nitrogen and oxygen atoms in total. The largest absolute Gasteiger partial charge is 0.395 e. The van der Waals surface area contributed by atoms with Crippen LogP contribution in [0.2, 0.25) is 0 Å². The normalized spacial score (nSPS) is 10.6. The number of aliphatic hydroxyl groups excluding tert-OH is 1. The summed E-state index contributed by atoms with van der Waals surface area (Å²) in [6, 6.07) is 3.46. The van der Waals surface area contributed by atoms with Crippen molar-refractivity contribution in [1.82, 2.24) is 9.88 Å². The quantitative estimate of drug-likeness (QED) is 0.505. The number of anilines is 1. The van der Waals surface area contributed by atoms with Crippen molar-refractivity contribution in [3.8, 4) is 0 Å². The Bertz CT molecular complexity index is 390. The smallest absolute Gasteiger partial charge is 0.255 e. The molecule has 0 unspecified atom stereocenters. The number of carbonyl (C=O) groups excluding carboxylic acids is 1. The lowest BCUT2D eigenvalue weighted by Crippen LogP contribution is -2.41. The summed E-state index contributed by atoms with van der Waals surface area (Å²) in [6.07, 6.45) is 3.21. The second-order valence-corrected chi connectivity index (χ2v) is 4.27. The van der Waals surface area contributed by atoms with Gasteiger partial charge in [0.2, 0.25) is 0 Å². The average Bonchev–Trinajstić information content (AvgIpc) is 2.47. The maximum Gasteiger partial charge on any atom is 0.255 e. The van der Waals surface area contributed by atoms with Gasteiger partial charge in [-0.05, 0) is 25.0 Å². The lowest BCUT2D eigenvalue weighted by molar-refractivity contribution is 0.0622. The topological polar surface area (TPSA) is 91.5 Å². The number of nitrogens with zero attached hydrogens (tertiary/aromatic N) is 2.